The number of hydrogen-bond donors (Lipinski definition) is 3. The Hall–Kier alpha value is -3.49. The second-order valence-corrected chi connectivity index (χ2v) is 8.97. The van der Waals surface area contributed by atoms with E-state index in [1.54, 1.807) is 18.2 Å². The minimum atomic E-state index is -0.255. The molecule has 0 saturated carbocycles. The lowest BCUT2D eigenvalue weighted by Crippen LogP contribution is -2.37. The molecule has 4 aromatic rings. The van der Waals surface area contributed by atoms with Crippen LogP contribution in [0.25, 0.3) is 21.8 Å². The van der Waals surface area contributed by atoms with Gasteiger partial charge in [-0.2, -0.15) is 0 Å². The number of pyridine rings is 1. The van der Waals surface area contributed by atoms with E-state index in [1.165, 1.54) is 10.9 Å². The molecule has 0 spiro atoms. The zero-order valence-electron chi connectivity index (χ0n) is 18.7. The Kier molecular flexibility index (Phi) is 5.93. The van der Waals surface area contributed by atoms with Gasteiger partial charge in [0.25, 0.3) is 0 Å². The SMILES string of the molecule is CN1CCN(CC(=O)Nc2ccc3[nH]c(=O)[nH]c3c2)C[C@@H](Cc2cncc3ccccc23)C1. The van der Waals surface area contributed by atoms with Crippen molar-refractivity contribution >= 4 is 33.4 Å². The van der Waals surface area contributed by atoms with Gasteiger partial charge < -0.3 is 20.2 Å². The molecule has 8 nitrogen and oxygen atoms in total. The van der Waals surface area contributed by atoms with Crippen LogP contribution < -0.4 is 11.0 Å². The number of amides is 1. The third-order valence-electron chi connectivity index (χ3n) is 6.31. The molecule has 1 amide bonds. The van der Waals surface area contributed by atoms with E-state index >= 15 is 0 Å². The molecule has 2 aromatic heterocycles. The average molecular weight is 445 g/mol. The first kappa shape index (κ1) is 21.4. The molecule has 8 heteroatoms. The number of anilines is 1. The zero-order chi connectivity index (χ0) is 22.8. The predicted octanol–water partition coefficient (Wildman–Crippen LogP) is 2.45. The molecule has 33 heavy (non-hydrogen) atoms. The number of aromatic nitrogens is 3. The van der Waals surface area contributed by atoms with Crippen LogP contribution in [0.1, 0.15) is 5.56 Å². The van der Waals surface area contributed by atoms with Gasteiger partial charge in [0.1, 0.15) is 0 Å². The largest absolute Gasteiger partial charge is 0.325 e. The van der Waals surface area contributed by atoms with Crippen LogP contribution in [0.5, 0.6) is 0 Å². The van der Waals surface area contributed by atoms with Gasteiger partial charge in [-0.3, -0.25) is 14.7 Å². The number of nitrogens with one attached hydrogen (secondary N) is 3. The van der Waals surface area contributed by atoms with Crippen LogP contribution in [0.4, 0.5) is 5.69 Å². The van der Waals surface area contributed by atoms with Gasteiger partial charge in [0.15, 0.2) is 0 Å². The van der Waals surface area contributed by atoms with Gasteiger partial charge in [-0.05, 0) is 48.5 Å². The van der Waals surface area contributed by atoms with Crippen LogP contribution in [-0.2, 0) is 11.2 Å². The molecular formula is C25H28N6O2. The number of rotatable bonds is 5. The van der Waals surface area contributed by atoms with E-state index in [0.29, 0.717) is 23.7 Å². The van der Waals surface area contributed by atoms with Crippen LogP contribution in [0.3, 0.4) is 0 Å². The van der Waals surface area contributed by atoms with Crippen LogP contribution in [0.15, 0.2) is 59.7 Å². The lowest BCUT2D eigenvalue weighted by atomic mass is 9.96. The molecule has 1 aliphatic rings. The molecular weight excluding hydrogens is 416 g/mol. The second-order valence-electron chi connectivity index (χ2n) is 8.97. The molecule has 0 bridgehead atoms. The predicted molar refractivity (Wildman–Crippen MR) is 130 cm³/mol. The fourth-order valence-electron chi connectivity index (χ4n) is 4.80. The molecule has 5 rings (SSSR count). The fourth-order valence-corrected chi connectivity index (χ4v) is 4.80. The molecule has 0 aliphatic carbocycles. The highest BCUT2D eigenvalue weighted by atomic mass is 16.2. The van der Waals surface area contributed by atoms with Gasteiger partial charge in [0, 0.05) is 49.6 Å². The smallest absolute Gasteiger partial charge is 0.323 e. The summed E-state index contributed by atoms with van der Waals surface area (Å²) in [5, 5.41) is 5.38. The van der Waals surface area contributed by atoms with E-state index in [0.717, 1.165) is 43.5 Å². The van der Waals surface area contributed by atoms with Gasteiger partial charge in [-0.25, -0.2) is 4.79 Å². The summed E-state index contributed by atoms with van der Waals surface area (Å²) in [6, 6.07) is 13.7. The third-order valence-corrected chi connectivity index (χ3v) is 6.31. The first-order valence-electron chi connectivity index (χ1n) is 11.3. The highest BCUT2D eigenvalue weighted by molar-refractivity contribution is 5.94. The van der Waals surface area contributed by atoms with Crippen molar-refractivity contribution in [2.45, 2.75) is 6.42 Å². The van der Waals surface area contributed by atoms with E-state index in [2.05, 4.69) is 55.3 Å². The van der Waals surface area contributed by atoms with E-state index in [1.807, 2.05) is 18.5 Å². The van der Waals surface area contributed by atoms with Crippen LogP contribution in [0, 0.1) is 5.92 Å². The van der Waals surface area contributed by atoms with Crippen molar-refractivity contribution in [3.05, 3.63) is 70.9 Å². The summed E-state index contributed by atoms with van der Waals surface area (Å²) in [6.07, 6.45) is 4.81. The zero-order valence-corrected chi connectivity index (χ0v) is 18.7. The summed E-state index contributed by atoms with van der Waals surface area (Å²) in [5.74, 6) is 0.349. The third kappa shape index (κ3) is 4.97. The van der Waals surface area contributed by atoms with Crippen molar-refractivity contribution < 1.29 is 4.79 Å². The minimum Gasteiger partial charge on any atom is -0.325 e. The maximum Gasteiger partial charge on any atom is 0.323 e. The Bertz CT molecular complexity index is 1340. The summed E-state index contributed by atoms with van der Waals surface area (Å²) in [5.41, 5.74) is 3.08. The lowest BCUT2D eigenvalue weighted by molar-refractivity contribution is -0.117. The number of carbonyl (C=O) groups is 1. The number of carbonyl (C=O) groups excluding carboxylic acids is 1. The Labute approximate surface area is 191 Å². The van der Waals surface area contributed by atoms with Crippen LogP contribution >= 0.6 is 0 Å². The quantitative estimate of drug-likeness (QED) is 0.439. The number of nitrogens with zero attached hydrogens (tertiary/aromatic N) is 3. The Morgan fingerprint density at radius 3 is 2.85 bits per heavy atom. The van der Waals surface area contributed by atoms with Crippen molar-refractivity contribution in [2.24, 2.45) is 5.92 Å². The van der Waals surface area contributed by atoms with Crippen molar-refractivity contribution in [3.8, 4) is 0 Å². The summed E-state index contributed by atoms with van der Waals surface area (Å²) in [7, 11) is 2.14. The molecule has 0 unspecified atom stereocenters. The number of likely N-dealkylation sites (N-methyl/N-ethyl adjacent to an activating group) is 1. The highest BCUT2D eigenvalue weighted by Crippen LogP contribution is 2.22. The maximum absolute atomic E-state index is 12.8. The first-order chi connectivity index (χ1) is 16.0. The average Bonchev–Trinajstić information content (AvgIpc) is 3.07. The molecule has 3 heterocycles. The molecule has 1 aliphatic heterocycles. The second kappa shape index (κ2) is 9.17. The number of benzene rings is 2. The fraction of sp³-hybridized carbons (Fsp3) is 0.320. The number of hydrogen-bond acceptors (Lipinski definition) is 5. The monoisotopic (exact) mass is 444 g/mol. The topological polar surface area (TPSA) is 97.1 Å². The van der Waals surface area contributed by atoms with E-state index < -0.39 is 0 Å². The van der Waals surface area contributed by atoms with Crippen molar-refractivity contribution in [1.29, 1.82) is 0 Å². The highest BCUT2D eigenvalue weighted by Gasteiger charge is 2.23. The van der Waals surface area contributed by atoms with Crippen molar-refractivity contribution in [1.82, 2.24) is 24.8 Å². The summed E-state index contributed by atoms with van der Waals surface area (Å²) >= 11 is 0. The van der Waals surface area contributed by atoms with Gasteiger partial charge >= 0.3 is 5.69 Å². The number of aromatic amines is 2. The Balaban J connectivity index is 1.26. The molecule has 1 atom stereocenters. The van der Waals surface area contributed by atoms with Gasteiger partial charge in [-0.15, -0.1) is 0 Å². The molecule has 0 radical (unpaired) electrons. The normalized spacial score (nSPS) is 17.9. The molecule has 3 N–H and O–H groups in total. The minimum absolute atomic E-state index is 0.0534. The van der Waals surface area contributed by atoms with Crippen molar-refractivity contribution in [2.75, 3.05) is 45.1 Å². The van der Waals surface area contributed by atoms with E-state index in [-0.39, 0.29) is 11.6 Å². The molecule has 1 saturated heterocycles. The number of imidazole rings is 1. The van der Waals surface area contributed by atoms with Gasteiger partial charge in [0.05, 0.1) is 17.6 Å². The molecule has 2 aromatic carbocycles. The summed E-state index contributed by atoms with van der Waals surface area (Å²) < 4.78 is 0. The molecule has 1 fully saturated rings. The number of fused-ring (bicyclic) bond motifs is 2. The van der Waals surface area contributed by atoms with Crippen molar-refractivity contribution in [3.63, 3.8) is 0 Å². The van der Waals surface area contributed by atoms with Gasteiger partial charge in [0.2, 0.25) is 5.91 Å². The molecule has 170 valence electrons. The Morgan fingerprint density at radius 1 is 1.09 bits per heavy atom. The first-order valence-corrected chi connectivity index (χ1v) is 11.3. The van der Waals surface area contributed by atoms with Crippen LogP contribution in [-0.4, -0.2) is 70.4 Å². The lowest BCUT2D eigenvalue weighted by Gasteiger charge is -2.24. The summed E-state index contributed by atoms with van der Waals surface area (Å²) in [4.78, 5) is 38.7. The van der Waals surface area contributed by atoms with E-state index in [4.69, 9.17) is 0 Å². The van der Waals surface area contributed by atoms with E-state index in [9.17, 15) is 9.59 Å². The maximum atomic E-state index is 12.8. The van der Waals surface area contributed by atoms with Crippen LogP contribution in [0.2, 0.25) is 0 Å². The Morgan fingerprint density at radius 2 is 1.94 bits per heavy atom. The van der Waals surface area contributed by atoms with Gasteiger partial charge in [-0.1, -0.05) is 24.3 Å². The number of H-pyrrole nitrogens is 2. The summed E-state index contributed by atoms with van der Waals surface area (Å²) in [6.45, 7) is 3.94. The standard InChI is InChI=1S/C25H28N6O2/c1-30-8-9-31(16-24(32)27-20-6-7-22-23(11-20)29-25(33)28-22)15-17(14-30)10-19-13-26-12-18-4-2-3-5-21(18)19/h2-7,11-13,17H,8-10,14-16H2,1H3,(H,27,32)(H2,28,29,33)/t17-/m0/s1.